The fourth-order valence-corrected chi connectivity index (χ4v) is 3.16. The molecule has 0 fully saturated rings. The maximum absolute atomic E-state index is 5.62. The van der Waals surface area contributed by atoms with Crippen LogP contribution in [0, 0.1) is 0 Å². The molecule has 14 heavy (non-hydrogen) atoms. The van der Waals surface area contributed by atoms with Crippen LogP contribution in [0.5, 0.6) is 0 Å². The van der Waals surface area contributed by atoms with Crippen molar-refractivity contribution in [1.82, 2.24) is 6.15 Å². The molecule has 88 valence electrons. The largest absolute Gasteiger partial charge is 0.500 e. The highest BCUT2D eigenvalue weighted by Gasteiger charge is 2.37. The van der Waals surface area contributed by atoms with E-state index in [1.807, 2.05) is 0 Å². The van der Waals surface area contributed by atoms with Gasteiger partial charge in [0.15, 0.2) is 0 Å². The molecule has 5 nitrogen and oxygen atoms in total. The minimum Gasteiger partial charge on any atom is -0.377 e. The van der Waals surface area contributed by atoms with Gasteiger partial charge in [-0.1, -0.05) is 6.92 Å². The molecular weight excluding hydrogens is 200 g/mol. The lowest BCUT2D eigenvalue weighted by molar-refractivity contribution is 0.0979. The lowest BCUT2D eigenvalue weighted by Crippen LogP contribution is -2.44. The number of rotatable bonds is 8. The Morgan fingerprint density at radius 2 is 1.79 bits per heavy atom. The van der Waals surface area contributed by atoms with E-state index in [1.165, 1.54) is 0 Å². The van der Waals surface area contributed by atoms with Gasteiger partial charge in [-0.15, -0.1) is 0 Å². The van der Waals surface area contributed by atoms with Gasteiger partial charge in [0.1, 0.15) is 0 Å². The topological polar surface area (TPSA) is 88.7 Å². The second-order valence-corrected chi connectivity index (χ2v) is 5.80. The summed E-state index contributed by atoms with van der Waals surface area (Å²) in [7, 11) is 0.916. The van der Waals surface area contributed by atoms with E-state index in [9.17, 15) is 0 Å². The number of hydrogen-bond acceptors (Lipinski definition) is 5. The Morgan fingerprint density at radius 3 is 2.14 bits per heavy atom. The van der Waals surface area contributed by atoms with Crippen LogP contribution < -0.4 is 11.9 Å². The van der Waals surface area contributed by atoms with E-state index in [0.717, 1.165) is 18.9 Å². The molecule has 0 aromatic rings. The van der Waals surface area contributed by atoms with Gasteiger partial charge in [0.25, 0.3) is 0 Å². The first-order valence-corrected chi connectivity index (χ1v) is 6.62. The third-order valence-corrected chi connectivity index (χ3v) is 4.69. The van der Waals surface area contributed by atoms with E-state index < -0.39 is 8.80 Å². The average molecular weight is 224 g/mol. The molecule has 0 amide bonds. The first-order chi connectivity index (χ1) is 6.24. The first kappa shape index (κ1) is 16.4. The lowest BCUT2D eigenvalue weighted by Gasteiger charge is -2.25. The Balaban J connectivity index is 0. The van der Waals surface area contributed by atoms with Crippen LogP contribution >= 0.6 is 0 Å². The van der Waals surface area contributed by atoms with E-state index in [0.29, 0.717) is 13.2 Å². The van der Waals surface area contributed by atoms with Crippen LogP contribution in [0.3, 0.4) is 0 Å². The standard InChI is InChI=1S/C8H21NO3Si.H3N/c1-4-7-12-13(10-2,11-3)8-5-6-9;/h4-9H2,1-3H3;1H3. The van der Waals surface area contributed by atoms with Gasteiger partial charge in [0.2, 0.25) is 0 Å². The Labute approximate surface area is 87.9 Å². The molecule has 5 N–H and O–H groups in total. The van der Waals surface area contributed by atoms with Gasteiger partial charge >= 0.3 is 8.80 Å². The molecule has 0 aromatic heterocycles. The zero-order valence-electron chi connectivity index (χ0n) is 9.54. The van der Waals surface area contributed by atoms with Crippen molar-refractivity contribution in [3.8, 4) is 0 Å². The van der Waals surface area contributed by atoms with Gasteiger partial charge in [-0.05, 0) is 19.4 Å². The smallest absolute Gasteiger partial charge is 0.377 e. The minimum absolute atomic E-state index is 0. The summed E-state index contributed by atoms with van der Waals surface area (Å²) in [5.74, 6) is 0. The van der Waals surface area contributed by atoms with Crippen LogP contribution in [-0.2, 0) is 13.3 Å². The first-order valence-electron chi connectivity index (χ1n) is 4.69. The summed E-state index contributed by atoms with van der Waals surface area (Å²) in [5, 5.41) is 0. The van der Waals surface area contributed by atoms with Gasteiger partial charge in [0.05, 0.1) is 0 Å². The van der Waals surface area contributed by atoms with Crippen molar-refractivity contribution in [1.29, 1.82) is 0 Å². The summed E-state index contributed by atoms with van der Waals surface area (Å²) in [5.41, 5.74) is 5.43. The Morgan fingerprint density at radius 1 is 1.21 bits per heavy atom. The van der Waals surface area contributed by atoms with Crippen molar-refractivity contribution in [2.75, 3.05) is 27.4 Å². The summed E-state index contributed by atoms with van der Waals surface area (Å²) in [6.07, 6.45) is 1.86. The molecule has 0 aliphatic heterocycles. The molecule has 0 unspecified atom stereocenters. The summed E-state index contributed by atoms with van der Waals surface area (Å²) >= 11 is 0. The Bertz CT molecular complexity index is 113. The van der Waals surface area contributed by atoms with Crippen LogP contribution in [0.15, 0.2) is 0 Å². The van der Waals surface area contributed by atoms with Crippen LogP contribution in [0.4, 0.5) is 0 Å². The molecule has 0 rings (SSSR count). The second-order valence-electron chi connectivity index (χ2n) is 2.83. The molecule has 0 bridgehead atoms. The molecule has 0 aliphatic carbocycles. The zero-order chi connectivity index (χ0) is 10.2. The van der Waals surface area contributed by atoms with E-state index in [-0.39, 0.29) is 6.15 Å². The normalized spacial score (nSPS) is 11.1. The van der Waals surface area contributed by atoms with E-state index in [4.69, 9.17) is 19.0 Å². The molecule has 0 atom stereocenters. The van der Waals surface area contributed by atoms with Gasteiger partial charge < -0.3 is 25.2 Å². The van der Waals surface area contributed by atoms with Crippen molar-refractivity contribution >= 4 is 8.80 Å². The fourth-order valence-electron chi connectivity index (χ4n) is 1.05. The highest BCUT2D eigenvalue weighted by molar-refractivity contribution is 6.60. The SMILES string of the molecule is CCCO[Si](CCCN)(OC)OC.N. The predicted octanol–water partition coefficient (Wildman–Crippen LogP) is 1.16. The molecule has 0 heterocycles. The third kappa shape index (κ3) is 5.69. The molecule has 0 saturated carbocycles. The fraction of sp³-hybridized carbons (Fsp3) is 1.00. The Kier molecular flexibility index (Phi) is 11.2. The van der Waals surface area contributed by atoms with E-state index in [2.05, 4.69) is 6.92 Å². The van der Waals surface area contributed by atoms with Crippen molar-refractivity contribution in [3.63, 3.8) is 0 Å². The van der Waals surface area contributed by atoms with Gasteiger partial charge in [-0.25, -0.2) is 0 Å². The van der Waals surface area contributed by atoms with Gasteiger partial charge in [-0.2, -0.15) is 0 Å². The van der Waals surface area contributed by atoms with Crippen LogP contribution in [0.2, 0.25) is 6.04 Å². The quantitative estimate of drug-likeness (QED) is 0.604. The molecule has 0 saturated heterocycles. The van der Waals surface area contributed by atoms with Crippen molar-refractivity contribution in [3.05, 3.63) is 0 Å². The monoisotopic (exact) mass is 224 g/mol. The maximum atomic E-state index is 5.62. The molecule has 0 spiro atoms. The molecule has 0 radical (unpaired) electrons. The van der Waals surface area contributed by atoms with Crippen molar-refractivity contribution in [2.45, 2.75) is 25.8 Å². The van der Waals surface area contributed by atoms with Crippen LogP contribution in [0.1, 0.15) is 19.8 Å². The van der Waals surface area contributed by atoms with E-state index in [1.54, 1.807) is 14.2 Å². The lowest BCUT2D eigenvalue weighted by atomic mass is 10.5. The molecular formula is C8H24N2O3Si. The second kappa shape index (κ2) is 9.57. The third-order valence-electron chi connectivity index (χ3n) is 1.84. The predicted molar refractivity (Wildman–Crippen MR) is 59.5 cm³/mol. The summed E-state index contributed by atoms with van der Waals surface area (Å²) < 4.78 is 16.3. The summed E-state index contributed by atoms with van der Waals surface area (Å²) in [4.78, 5) is 0. The van der Waals surface area contributed by atoms with Gasteiger partial charge in [0, 0.05) is 26.9 Å². The van der Waals surface area contributed by atoms with Crippen LogP contribution in [-0.4, -0.2) is 36.2 Å². The van der Waals surface area contributed by atoms with Crippen LogP contribution in [0.25, 0.3) is 0 Å². The minimum atomic E-state index is -2.37. The summed E-state index contributed by atoms with van der Waals surface area (Å²) in [6, 6.07) is 0.802. The number of nitrogens with two attached hydrogens (primary N) is 1. The average Bonchev–Trinajstić information content (AvgIpc) is 2.20. The van der Waals surface area contributed by atoms with Crippen molar-refractivity contribution in [2.24, 2.45) is 5.73 Å². The Hall–Kier alpha value is 0.0169. The number of hydrogen-bond donors (Lipinski definition) is 2. The molecule has 6 heteroatoms. The van der Waals surface area contributed by atoms with Crippen molar-refractivity contribution < 1.29 is 13.3 Å². The highest BCUT2D eigenvalue weighted by Crippen LogP contribution is 2.15. The molecule has 0 aliphatic rings. The zero-order valence-corrected chi connectivity index (χ0v) is 10.5. The molecule has 0 aromatic carbocycles. The van der Waals surface area contributed by atoms with Gasteiger partial charge in [-0.3, -0.25) is 0 Å². The van der Waals surface area contributed by atoms with E-state index >= 15 is 0 Å². The highest BCUT2D eigenvalue weighted by atomic mass is 28.4. The summed E-state index contributed by atoms with van der Waals surface area (Å²) in [6.45, 7) is 3.41. The maximum Gasteiger partial charge on any atom is 0.500 e.